The molecule has 0 saturated carbocycles. The fraction of sp³-hybridized carbons (Fsp3) is 0.636. The highest BCUT2D eigenvalue weighted by Crippen LogP contribution is 1.98. The van der Waals surface area contributed by atoms with Gasteiger partial charge in [-0.15, -0.1) is 0 Å². The minimum absolute atomic E-state index is 1.17. The maximum Gasteiger partial charge on any atom is -0.0348 e. The standard InChI is InChI=1S/C11H20/c1-3-5-7-9-11-10-8-6-4-2/h5-8H,3-4,9-11H2,1-2H3/b7-5+,8-6+. The van der Waals surface area contributed by atoms with E-state index in [0.29, 0.717) is 0 Å². The summed E-state index contributed by atoms with van der Waals surface area (Å²) in [6.07, 6.45) is 15.2. The smallest absolute Gasteiger partial charge is 0.0348 e. The first-order chi connectivity index (χ1) is 5.41. The summed E-state index contributed by atoms with van der Waals surface area (Å²) in [6.45, 7) is 4.35. The zero-order valence-electron chi connectivity index (χ0n) is 7.84. The number of rotatable bonds is 6. The Labute approximate surface area is 71.0 Å². The lowest BCUT2D eigenvalue weighted by Crippen LogP contribution is -1.68. The molecule has 64 valence electrons. The second-order valence-electron chi connectivity index (χ2n) is 2.69. The summed E-state index contributed by atoms with van der Waals surface area (Å²) in [5, 5.41) is 0. The van der Waals surface area contributed by atoms with Crippen LogP contribution in [0.15, 0.2) is 24.3 Å². The lowest BCUT2D eigenvalue weighted by Gasteiger charge is -1.88. The van der Waals surface area contributed by atoms with Gasteiger partial charge in [0.1, 0.15) is 0 Å². The average molecular weight is 152 g/mol. The molecule has 0 aromatic carbocycles. The Morgan fingerprint density at radius 3 is 1.55 bits per heavy atom. The van der Waals surface area contributed by atoms with E-state index in [9.17, 15) is 0 Å². The third-order valence-electron chi connectivity index (χ3n) is 1.55. The molecule has 0 unspecified atom stereocenters. The maximum absolute atomic E-state index is 2.28. The van der Waals surface area contributed by atoms with Crippen molar-refractivity contribution in [3.8, 4) is 0 Å². The molecule has 0 amide bonds. The summed E-state index contributed by atoms with van der Waals surface area (Å²) >= 11 is 0. The molecule has 0 heterocycles. The SMILES string of the molecule is CC/C=C/CCC/C=C/CC. The summed E-state index contributed by atoms with van der Waals surface area (Å²) in [6, 6.07) is 0. The van der Waals surface area contributed by atoms with Gasteiger partial charge in [0, 0.05) is 0 Å². The fourth-order valence-electron chi connectivity index (χ4n) is 0.923. The summed E-state index contributed by atoms with van der Waals surface area (Å²) in [4.78, 5) is 0. The van der Waals surface area contributed by atoms with Gasteiger partial charge < -0.3 is 0 Å². The summed E-state index contributed by atoms with van der Waals surface area (Å²) in [7, 11) is 0. The zero-order valence-corrected chi connectivity index (χ0v) is 7.84. The molecule has 0 spiro atoms. The predicted octanol–water partition coefficient (Wildman–Crippen LogP) is 4.09. The quantitative estimate of drug-likeness (QED) is 0.397. The van der Waals surface area contributed by atoms with Crippen LogP contribution in [0, 0.1) is 0 Å². The highest BCUT2D eigenvalue weighted by atomic mass is 13.8. The molecule has 0 aliphatic heterocycles. The van der Waals surface area contributed by atoms with E-state index < -0.39 is 0 Å². The van der Waals surface area contributed by atoms with Crippen molar-refractivity contribution in [1.29, 1.82) is 0 Å². The first kappa shape index (κ1) is 10.5. The molecule has 0 heteroatoms. The van der Waals surface area contributed by atoms with Crippen LogP contribution in [0.1, 0.15) is 46.0 Å². The molecular weight excluding hydrogens is 132 g/mol. The molecule has 11 heavy (non-hydrogen) atoms. The monoisotopic (exact) mass is 152 g/mol. The van der Waals surface area contributed by atoms with E-state index in [-0.39, 0.29) is 0 Å². The number of hydrogen-bond donors (Lipinski definition) is 0. The Balaban J connectivity index is 3.02. The van der Waals surface area contributed by atoms with Crippen LogP contribution in [0.2, 0.25) is 0 Å². The van der Waals surface area contributed by atoms with Gasteiger partial charge >= 0.3 is 0 Å². The van der Waals surface area contributed by atoms with Gasteiger partial charge in [-0.2, -0.15) is 0 Å². The molecule has 0 saturated heterocycles. The number of hydrogen-bond acceptors (Lipinski definition) is 0. The van der Waals surface area contributed by atoms with Crippen molar-refractivity contribution in [2.75, 3.05) is 0 Å². The number of unbranched alkanes of at least 4 members (excludes halogenated alkanes) is 2. The summed E-state index contributed by atoms with van der Waals surface area (Å²) in [5.41, 5.74) is 0. The van der Waals surface area contributed by atoms with Crippen LogP contribution in [0.4, 0.5) is 0 Å². The van der Waals surface area contributed by atoms with Crippen molar-refractivity contribution < 1.29 is 0 Å². The molecule has 0 N–H and O–H groups in total. The van der Waals surface area contributed by atoms with Gasteiger partial charge in [-0.25, -0.2) is 0 Å². The molecule has 0 fully saturated rings. The van der Waals surface area contributed by atoms with Crippen molar-refractivity contribution in [2.24, 2.45) is 0 Å². The van der Waals surface area contributed by atoms with Gasteiger partial charge in [0.05, 0.1) is 0 Å². The van der Waals surface area contributed by atoms with Gasteiger partial charge in [0.15, 0.2) is 0 Å². The predicted molar refractivity (Wildman–Crippen MR) is 52.7 cm³/mol. The largest absolute Gasteiger partial charge is 0.0888 e. The Kier molecular flexibility index (Phi) is 9.03. The average Bonchev–Trinajstić information content (AvgIpc) is 2.03. The first-order valence-corrected chi connectivity index (χ1v) is 4.71. The Morgan fingerprint density at radius 1 is 0.727 bits per heavy atom. The molecular formula is C11H20. The van der Waals surface area contributed by atoms with Crippen LogP contribution in [-0.2, 0) is 0 Å². The third kappa shape index (κ3) is 9.48. The summed E-state index contributed by atoms with van der Waals surface area (Å²) < 4.78 is 0. The van der Waals surface area contributed by atoms with Gasteiger partial charge in [-0.1, -0.05) is 38.2 Å². The van der Waals surface area contributed by atoms with E-state index >= 15 is 0 Å². The van der Waals surface area contributed by atoms with Gasteiger partial charge in [-0.3, -0.25) is 0 Å². The first-order valence-electron chi connectivity index (χ1n) is 4.71. The van der Waals surface area contributed by atoms with Crippen LogP contribution in [-0.4, -0.2) is 0 Å². The molecule has 0 atom stereocenters. The van der Waals surface area contributed by atoms with Crippen LogP contribution in [0.25, 0.3) is 0 Å². The van der Waals surface area contributed by atoms with Crippen molar-refractivity contribution >= 4 is 0 Å². The van der Waals surface area contributed by atoms with Crippen molar-refractivity contribution in [3.63, 3.8) is 0 Å². The van der Waals surface area contributed by atoms with Gasteiger partial charge in [-0.05, 0) is 32.1 Å². The lowest BCUT2D eigenvalue weighted by molar-refractivity contribution is 0.861. The fourth-order valence-corrected chi connectivity index (χ4v) is 0.923. The van der Waals surface area contributed by atoms with Crippen LogP contribution in [0.3, 0.4) is 0 Å². The van der Waals surface area contributed by atoms with Crippen molar-refractivity contribution in [2.45, 2.75) is 46.0 Å². The molecule has 0 radical (unpaired) electrons. The van der Waals surface area contributed by atoms with E-state index in [1.807, 2.05) is 0 Å². The summed E-state index contributed by atoms with van der Waals surface area (Å²) in [5.74, 6) is 0. The zero-order chi connectivity index (χ0) is 8.36. The van der Waals surface area contributed by atoms with Crippen molar-refractivity contribution in [1.82, 2.24) is 0 Å². The Morgan fingerprint density at radius 2 is 1.18 bits per heavy atom. The second-order valence-corrected chi connectivity index (χ2v) is 2.69. The third-order valence-corrected chi connectivity index (χ3v) is 1.55. The molecule has 0 bridgehead atoms. The maximum atomic E-state index is 2.28. The Hall–Kier alpha value is -0.520. The van der Waals surface area contributed by atoms with E-state index in [0.717, 1.165) is 0 Å². The second kappa shape index (κ2) is 9.48. The van der Waals surface area contributed by atoms with Gasteiger partial charge in [0.2, 0.25) is 0 Å². The molecule has 0 aliphatic carbocycles. The molecule has 0 aromatic heterocycles. The topological polar surface area (TPSA) is 0 Å². The minimum Gasteiger partial charge on any atom is -0.0888 e. The highest BCUT2D eigenvalue weighted by Gasteiger charge is 1.78. The number of allylic oxidation sites excluding steroid dienone is 4. The van der Waals surface area contributed by atoms with E-state index in [1.165, 1.54) is 32.1 Å². The molecule has 0 aliphatic rings. The lowest BCUT2D eigenvalue weighted by atomic mass is 10.2. The normalized spacial score (nSPS) is 11.8. The van der Waals surface area contributed by atoms with E-state index in [1.54, 1.807) is 0 Å². The Bertz CT molecular complexity index is 95.2. The van der Waals surface area contributed by atoms with Crippen LogP contribution in [0.5, 0.6) is 0 Å². The minimum atomic E-state index is 1.17. The molecule has 0 aromatic rings. The van der Waals surface area contributed by atoms with Gasteiger partial charge in [0.25, 0.3) is 0 Å². The highest BCUT2D eigenvalue weighted by molar-refractivity contribution is 4.84. The molecule has 0 rings (SSSR count). The molecule has 0 nitrogen and oxygen atoms in total. The van der Waals surface area contributed by atoms with Crippen LogP contribution >= 0.6 is 0 Å². The van der Waals surface area contributed by atoms with E-state index in [2.05, 4.69) is 38.2 Å². The van der Waals surface area contributed by atoms with Crippen molar-refractivity contribution in [3.05, 3.63) is 24.3 Å². The van der Waals surface area contributed by atoms with Crippen LogP contribution < -0.4 is 0 Å². The van der Waals surface area contributed by atoms with E-state index in [4.69, 9.17) is 0 Å².